The third-order valence-electron chi connectivity index (χ3n) is 4.11. The standard InChI is InChI=1S/C19H29N5O/c1-15-16(2)25-18(23-15)14-22-19(20-3)21-12-8-9-13-24(4)17-10-6-5-7-11-17/h5-7,10-11H,8-9,12-14H2,1-4H3,(H2,20,21,22). The maximum absolute atomic E-state index is 5.56. The lowest BCUT2D eigenvalue weighted by Crippen LogP contribution is -2.37. The van der Waals surface area contributed by atoms with Gasteiger partial charge < -0.3 is 20.0 Å². The summed E-state index contributed by atoms with van der Waals surface area (Å²) in [5.41, 5.74) is 2.19. The van der Waals surface area contributed by atoms with Crippen molar-refractivity contribution in [2.45, 2.75) is 33.2 Å². The minimum atomic E-state index is 0.533. The van der Waals surface area contributed by atoms with Crippen LogP contribution in [0.25, 0.3) is 0 Å². The van der Waals surface area contributed by atoms with Crippen molar-refractivity contribution in [3.8, 4) is 0 Å². The molecule has 0 aliphatic rings. The molecule has 0 aliphatic heterocycles. The Bertz CT molecular complexity index is 646. The fourth-order valence-corrected chi connectivity index (χ4v) is 2.49. The summed E-state index contributed by atoms with van der Waals surface area (Å²) in [6, 6.07) is 10.5. The number of aromatic nitrogens is 1. The third-order valence-corrected chi connectivity index (χ3v) is 4.11. The zero-order valence-electron chi connectivity index (χ0n) is 15.7. The molecule has 1 heterocycles. The van der Waals surface area contributed by atoms with Gasteiger partial charge in [-0.25, -0.2) is 4.98 Å². The normalized spacial score (nSPS) is 11.4. The summed E-state index contributed by atoms with van der Waals surface area (Å²) < 4.78 is 5.56. The highest BCUT2D eigenvalue weighted by Gasteiger charge is 2.06. The predicted molar refractivity (Wildman–Crippen MR) is 103 cm³/mol. The number of aryl methyl sites for hydroxylation is 2. The number of guanidine groups is 1. The van der Waals surface area contributed by atoms with E-state index in [-0.39, 0.29) is 0 Å². The Kier molecular flexibility index (Phi) is 7.32. The third kappa shape index (κ3) is 6.14. The highest BCUT2D eigenvalue weighted by atomic mass is 16.4. The Labute approximate surface area is 150 Å². The molecule has 0 saturated heterocycles. The summed E-state index contributed by atoms with van der Waals surface area (Å²) in [4.78, 5) is 10.9. The minimum absolute atomic E-state index is 0.533. The lowest BCUT2D eigenvalue weighted by molar-refractivity contribution is 0.463. The van der Waals surface area contributed by atoms with E-state index in [2.05, 4.69) is 56.8 Å². The quantitative estimate of drug-likeness (QED) is 0.438. The second-order valence-electron chi connectivity index (χ2n) is 6.07. The highest BCUT2D eigenvalue weighted by molar-refractivity contribution is 5.79. The second kappa shape index (κ2) is 9.71. The number of anilines is 1. The summed E-state index contributed by atoms with van der Waals surface area (Å²) in [6.07, 6.45) is 2.20. The van der Waals surface area contributed by atoms with Gasteiger partial charge in [0.25, 0.3) is 0 Å². The van der Waals surface area contributed by atoms with Crippen LogP contribution in [0.2, 0.25) is 0 Å². The predicted octanol–water partition coefficient (Wildman–Crippen LogP) is 2.87. The Morgan fingerprint density at radius 1 is 1.16 bits per heavy atom. The summed E-state index contributed by atoms with van der Waals surface area (Å²) in [5, 5.41) is 6.55. The molecule has 0 radical (unpaired) electrons. The van der Waals surface area contributed by atoms with Gasteiger partial charge in [0.1, 0.15) is 5.76 Å². The molecule has 0 unspecified atom stereocenters. The Hall–Kier alpha value is -2.50. The van der Waals surface area contributed by atoms with Crippen LogP contribution in [0.4, 0.5) is 5.69 Å². The molecule has 2 N–H and O–H groups in total. The number of aliphatic imine (C=N–C) groups is 1. The first kappa shape index (κ1) is 18.8. The number of unbranched alkanes of at least 4 members (excludes halogenated alkanes) is 1. The fraction of sp³-hybridized carbons (Fsp3) is 0.474. The van der Waals surface area contributed by atoms with Crippen LogP contribution in [0.1, 0.15) is 30.2 Å². The maximum Gasteiger partial charge on any atom is 0.214 e. The molecule has 6 nitrogen and oxygen atoms in total. The van der Waals surface area contributed by atoms with E-state index in [0.29, 0.717) is 12.4 Å². The molecule has 1 aromatic carbocycles. The van der Waals surface area contributed by atoms with Crippen molar-refractivity contribution in [3.05, 3.63) is 47.7 Å². The largest absolute Gasteiger partial charge is 0.444 e. The van der Waals surface area contributed by atoms with Crippen molar-refractivity contribution in [1.82, 2.24) is 15.6 Å². The van der Waals surface area contributed by atoms with Crippen molar-refractivity contribution in [2.75, 3.05) is 32.1 Å². The summed E-state index contributed by atoms with van der Waals surface area (Å²) >= 11 is 0. The van der Waals surface area contributed by atoms with E-state index in [0.717, 1.165) is 43.3 Å². The summed E-state index contributed by atoms with van der Waals surface area (Å²) in [5.74, 6) is 2.31. The van der Waals surface area contributed by atoms with E-state index >= 15 is 0 Å². The van der Waals surface area contributed by atoms with E-state index in [4.69, 9.17) is 4.42 Å². The number of hydrogen-bond acceptors (Lipinski definition) is 4. The smallest absolute Gasteiger partial charge is 0.214 e. The average molecular weight is 343 g/mol. The fourth-order valence-electron chi connectivity index (χ4n) is 2.49. The highest BCUT2D eigenvalue weighted by Crippen LogP contribution is 2.11. The number of rotatable bonds is 8. The van der Waals surface area contributed by atoms with Gasteiger partial charge in [-0.3, -0.25) is 4.99 Å². The molecule has 1 aromatic heterocycles. The van der Waals surface area contributed by atoms with Crippen molar-refractivity contribution in [1.29, 1.82) is 0 Å². The molecule has 0 saturated carbocycles. The van der Waals surface area contributed by atoms with Gasteiger partial charge in [-0.05, 0) is 38.8 Å². The van der Waals surface area contributed by atoms with E-state index in [9.17, 15) is 0 Å². The zero-order valence-corrected chi connectivity index (χ0v) is 15.7. The van der Waals surface area contributed by atoms with Crippen LogP contribution in [0.3, 0.4) is 0 Å². The van der Waals surface area contributed by atoms with Crippen molar-refractivity contribution < 1.29 is 4.42 Å². The van der Waals surface area contributed by atoms with Crippen LogP contribution >= 0.6 is 0 Å². The molecule has 0 aliphatic carbocycles. The lowest BCUT2D eigenvalue weighted by atomic mass is 10.2. The molecule has 0 atom stereocenters. The first-order valence-electron chi connectivity index (χ1n) is 8.73. The second-order valence-corrected chi connectivity index (χ2v) is 6.07. The van der Waals surface area contributed by atoms with Crippen molar-refractivity contribution in [3.63, 3.8) is 0 Å². The van der Waals surface area contributed by atoms with Crippen LogP contribution < -0.4 is 15.5 Å². The molecular weight excluding hydrogens is 314 g/mol. The number of hydrogen-bond donors (Lipinski definition) is 2. The molecule has 2 rings (SSSR count). The molecule has 6 heteroatoms. The first-order valence-corrected chi connectivity index (χ1v) is 8.73. The minimum Gasteiger partial charge on any atom is -0.444 e. The lowest BCUT2D eigenvalue weighted by Gasteiger charge is -2.19. The van der Waals surface area contributed by atoms with Gasteiger partial charge in [-0.15, -0.1) is 0 Å². The average Bonchev–Trinajstić information content (AvgIpc) is 2.95. The molecule has 0 bridgehead atoms. The Morgan fingerprint density at radius 2 is 1.92 bits per heavy atom. The summed E-state index contributed by atoms with van der Waals surface area (Å²) in [6.45, 7) is 6.32. The van der Waals surface area contributed by atoms with Crippen LogP contribution in [-0.2, 0) is 6.54 Å². The van der Waals surface area contributed by atoms with Gasteiger partial charge in [0.2, 0.25) is 5.89 Å². The molecule has 0 spiro atoms. The number of para-hydroxylation sites is 1. The summed E-state index contributed by atoms with van der Waals surface area (Å²) in [7, 11) is 3.90. The molecule has 136 valence electrons. The van der Waals surface area contributed by atoms with Gasteiger partial charge >= 0.3 is 0 Å². The Balaban J connectivity index is 1.62. The van der Waals surface area contributed by atoms with Crippen molar-refractivity contribution >= 4 is 11.6 Å². The van der Waals surface area contributed by atoms with Crippen LogP contribution in [0.5, 0.6) is 0 Å². The molecular formula is C19H29N5O. The van der Waals surface area contributed by atoms with Gasteiger partial charge in [0.05, 0.1) is 12.2 Å². The molecule has 2 aromatic rings. The van der Waals surface area contributed by atoms with E-state index in [1.165, 1.54) is 5.69 Å². The number of oxazole rings is 1. The SMILES string of the molecule is CN=C(NCCCCN(C)c1ccccc1)NCc1nc(C)c(C)o1. The van der Waals surface area contributed by atoms with Crippen molar-refractivity contribution in [2.24, 2.45) is 4.99 Å². The number of nitrogens with zero attached hydrogens (tertiary/aromatic N) is 3. The first-order chi connectivity index (χ1) is 12.1. The van der Waals surface area contributed by atoms with E-state index in [1.807, 2.05) is 19.9 Å². The van der Waals surface area contributed by atoms with Crippen LogP contribution in [-0.4, -0.2) is 38.1 Å². The van der Waals surface area contributed by atoms with E-state index < -0.39 is 0 Å². The number of benzene rings is 1. The number of nitrogens with one attached hydrogen (secondary N) is 2. The topological polar surface area (TPSA) is 65.7 Å². The molecule has 0 fully saturated rings. The van der Waals surface area contributed by atoms with Gasteiger partial charge in [-0.1, -0.05) is 18.2 Å². The van der Waals surface area contributed by atoms with Crippen LogP contribution in [0.15, 0.2) is 39.7 Å². The maximum atomic E-state index is 5.56. The monoisotopic (exact) mass is 343 g/mol. The zero-order chi connectivity index (χ0) is 18.1. The van der Waals surface area contributed by atoms with Gasteiger partial charge in [-0.2, -0.15) is 0 Å². The molecule has 0 amide bonds. The Morgan fingerprint density at radius 3 is 2.56 bits per heavy atom. The molecule has 25 heavy (non-hydrogen) atoms. The van der Waals surface area contributed by atoms with E-state index in [1.54, 1.807) is 7.05 Å². The van der Waals surface area contributed by atoms with Gasteiger partial charge in [0.15, 0.2) is 5.96 Å². The van der Waals surface area contributed by atoms with Crippen LogP contribution in [0, 0.1) is 13.8 Å². The van der Waals surface area contributed by atoms with Gasteiger partial charge in [0, 0.05) is 32.9 Å².